The number of aliphatic hydroxyl groups excluding tert-OH is 1. The molecule has 2 aliphatic heterocycles. The highest BCUT2D eigenvalue weighted by Crippen LogP contribution is 2.38. The average Bonchev–Trinajstić information content (AvgIpc) is 3.64. The lowest BCUT2D eigenvalue weighted by Crippen LogP contribution is -2.26. The Morgan fingerprint density at radius 2 is 1.87 bits per heavy atom. The molecule has 12 heteroatoms. The average molecular weight is 524 g/mol. The Balaban J connectivity index is 1.24. The van der Waals surface area contributed by atoms with Crippen molar-refractivity contribution in [2.45, 2.75) is 31.2 Å². The molecule has 0 bridgehead atoms. The predicted molar refractivity (Wildman–Crippen MR) is 134 cm³/mol. The van der Waals surface area contributed by atoms with Crippen molar-refractivity contribution in [1.29, 1.82) is 0 Å². The number of imidazole rings is 1. The molecule has 1 aromatic carbocycles. The maximum atomic E-state index is 14.5. The number of hydrogen-bond donors (Lipinski definition) is 2. The van der Waals surface area contributed by atoms with Crippen molar-refractivity contribution in [3.63, 3.8) is 0 Å². The molecule has 0 spiro atoms. The van der Waals surface area contributed by atoms with E-state index >= 15 is 0 Å². The van der Waals surface area contributed by atoms with Crippen molar-refractivity contribution in [3.05, 3.63) is 77.6 Å². The molecule has 3 aromatic heterocycles. The van der Waals surface area contributed by atoms with Gasteiger partial charge in [-0.05, 0) is 48.9 Å². The molecule has 0 unspecified atom stereocenters. The monoisotopic (exact) mass is 523 g/mol. The molecule has 5 heterocycles. The van der Waals surface area contributed by atoms with E-state index in [2.05, 4.69) is 20.4 Å². The molecule has 2 N–H and O–H groups in total. The lowest BCUT2D eigenvalue weighted by Gasteiger charge is -2.26. The van der Waals surface area contributed by atoms with Crippen LogP contribution in [0.4, 0.5) is 30.6 Å². The van der Waals surface area contributed by atoms with E-state index in [1.165, 1.54) is 16.9 Å². The minimum atomic E-state index is -1.25. The zero-order chi connectivity index (χ0) is 26.4. The summed E-state index contributed by atoms with van der Waals surface area (Å²) >= 11 is 0. The largest absolute Gasteiger partial charge is 0.391 e. The Morgan fingerprint density at radius 3 is 2.63 bits per heavy atom. The fourth-order valence-electron chi connectivity index (χ4n) is 5.05. The number of aromatic nitrogens is 4. The van der Waals surface area contributed by atoms with Crippen molar-refractivity contribution in [2.24, 2.45) is 0 Å². The van der Waals surface area contributed by atoms with Crippen molar-refractivity contribution in [1.82, 2.24) is 19.6 Å². The van der Waals surface area contributed by atoms with Gasteiger partial charge < -0.3 is 20.2 Å². The summed E-state index contributed by atoms with van der Waals surface area (Å²) in [4.78, 5) is 25.1. The maximum Gasteiger partial charge on any atom is 0.258 e. The topological polar surface area (TPSA) is 98.9 Å². The fourth-order valence-corrected chi connectivity index (χ4v) is 5.05. The first-order chi connectivity index (χ1) is 18.4. The quantitative estimate of drug-likeness (QED) is 0.413. The van der Waals surface area contributed by atoms with Crippen molar-refractivity contribution >= 4 is 29.0 Å². The summed E-state index contributed by atoms with van der Waals surface area (Å²) < 4.78 is 44.3. The Kier molecular flexibility index (Phi) is 6.10. The van der Waals surface area contributed by atoms with Gasteiger partial charge in [0, 0.05) is 31.3 Å². The second-order valence-electron chi connectivity index (χ2n) is 9.52. The van der Waals surface area contributed by atoms with E-state index in [0.717, 1.165) is 18.2 Å². The predicted octanol–water partition coefficient (Wildman–Crippen LogP) is 3.52. The number of carbonyl (C=O) groups excluding carboxylic acids is 1. The van der Waals surface area contributed by atoms with Crippen molar-refractivity contribution in [2.75, 3.05) is 34.8 Å². The summed E-state index contributed by atoms with van der Waals surface area (Å²) in [6, 6.07) is 9.06. The molecule has 2 aliphatic rings. The van der Waals surface area contributed by atoms with Gasteiger partial charge in [-0.25, -0.2) is 23.1 Å². The Bertz CT molecular complexity index is 1500. The highest BCUT2D eigenvalue weighted by molar-refractivity contribution is 6.03. The number of alkyl halides is 1. The molecule has 9 nitrogen and oxygen atoms in total. The van der Waals surface area contributed by atoms with E-state index in [-0.39, 0.29) is 30.5 Å². The third kappa shape index (κ3) is 4.51. The number of nitrogens with one attached hydrogen (secondary N) is 1. The minimum absolute atomic E-state index is 0.00695. The van der Waals surface area contributed by atoms with Gasteiger partial charge in [-0.15, -0.1) is 5.10 Å². The number of fused-ring (bicyclic) bond motifs is 1. The third-order valence-corrected chi connectivity index (χ3v) is 6.95. The third-order valence-electron chi connectivity index (χ3n) is 6.95. The molecule has 0 saturated carbocycles. The number of amides is 1. The van der Waals surface area contributed by atoms with Crippen LogP contribution in [0.3, 0.4) is 0 Å². The molecule has 2 fully saturated rings. The summed E-state index contributed by atoms with van der Waals surface area (Å²) in [5, 5.41) is 17.0. The lowest BCUT2D eigenvalue weighted by atomic mass is 10.0. The Morgan fingerprint density at radius 1 is 1.03 bits per heavy atom. The van der Waals surface area contributed by atoms with Crippen LogP contribution in [0.15, 0.2) is 54.9 Å². The molecule has 0 aliphatic carbocycles. The van der Waals surface area contributed by atoms with Gasteiger partial charge in [0.25, 0.3) is 5.91 Å². The van der Waals surface area contributed by atoms with Crippen LogP contribution < -0.4 is 15.1 Å². The van der Waals surface area contributed by atoms with Crippen LogP contribution in [0.5, 0.6) is 0 Å². The highest BCUT2D eigenvalue weighted by atomic mass is 19.1. The standard InChI is InChI=1S/C26H24F3N7O2/c27-16-2-3-20(29)19(9-16)21-10-17(28)13-35(21)24-6-5-23-31-12-25(36(23)33-24)32-26(38)15-1-4-22(30-11-15)34-8-7-18(37)14-34/h1-6,9,11-12,17-18,21,37H,7-8,10,13-14H2,(H,32,38)/t17-,18-,21+/m0/s1. The maximum absolute atomic E-state index is 14.5. The smallest absolute Gasteiger partial charge is 0.258 e. The van der Waals surface area contributed by atoms with E-state index in [4.69, 9.17) is 0 Å². The van der Waals surface area contributed by atoms with Crippen LogP contribution in [0.25, 0.3) is 5.65 Å². The van der Waals surface area contributed by atoms with E-state index in [0.29, 0.717) is 42.4 Å². The Hall–Kier alpha value is -4.19. The van der Waals surface area contributed by atoms with Crippen molar-refractivity contribution < 1.29 is 23.1 Å². The number of β-amino-alcohol motifs (C(OH)–C–C–N with tert-alkyl or cyclic N) is 1. The number of pyridine rings is 1. The molecule has 196 valence electrons. The van der Waals surface area contributed by atoms with Crippen LogP contribution in [-0.2, 0) is 0 Å². The van der Waals surface area contributed by atoms with Crippen molar-refractivity contribution in [3.8, 4) is 0 Å². The van der Waals surface area contributed by atoms with Gasteiger partial charge in [0.05, 0.1) is 30.5 Å². The van der Waals surface area contributed by atoms with Crippen LogP contribution in [0.2, 0.25) is 0 Å². The first-order valence-corrected chi connectivity index (χ1v) is 12.3. The van der Waals surface area contributed by atoms with E-state index < -0.39 is 29.8 Å². The number of hydrogen-bond acceptors (Lipinski definition) is 7. The number of aliphatic hydroxyl groups is 1. The van der Waals surface area contributed by atoms with E-state index in [9.17, 15) is 23.1 Å². The molecular weight excluding hydrogens is 499 g/mol. The summed E-state index contributed by atoms with van der Waals surface area (Å²) in [5.74, 6) is -0.355. The first-order valence-electron chi connectivity index (χ1n) is 12.3. The molecule has 0 radical (unpaired) electrons. The van der Waals surface area contributed by atoms with Gasteiger partial charge in [-0.3, -0.25) is 4.79 Å². The van der Waals surface area contributed by atoms with Gasteiger partial charge in [0.2, 0.25) is 0 Å². The Labute approximate surface area is 215 Å². The van der Waals surface area contributed by atoms with Gasteiger partial charge in [0.15, 0.2) is 11.5 Å². The van der Waals surface area contributed by atoms with Crippen LogP contribution in [0.1, 0.15) is 34.8 Å². The molecule has 4 aromatic rings. The van der Waals surface area contributed by atoms with Gasteiger partial charge in [-0.2, -0.15) is 4.52 Å². The van der Waals surface area contributed by atoms with Crippen LogP contribution in [-0.4, -0.2) is 62.5 Å². The van der Waals surface area contributed by atoms with Crippen LogP contribution >= 0.6 is 0 Å². The number of rotatable bonds is 5. The summed E-state index contributed by atoms with van der Waals surface area (Å²) in [6.07, 6.45) is 1.94. The SMILES string of the molecule is O=C(Nc1cnc2ccc(N3C[C@@H](F)C[C@@H]3c3cc(F)ccc3F)nn12)c1ccc(N2CC[C@H](O)C2)nc1. The van der Waals surface area contributed by atoms with E-state index in [1.807, 2.05) is 4.90 Å². The minimum Gasteiger partial charge on any atom is -0.391 e. The summed E-state index contributed by atoms with van der Waals surface area (Å²) in [6.45, 7) is 1.16. The number of halogens is 3. The fraction of sp³-hybridized carbons (Fsp3) is 0.308. The zero-order valence-corrected chi connectivity index (χ0v) is 20.1. The first kappa shape index (κ1) is 24.2. The number of benzene rings is 1. The normalized spacial score (nSPS) is 21.4. The summed E-state index contributed by atoms with van der Waals surface area (Å²) in [7, 11) is 0. The van der Waals surface area contributed by atoms with Gasteiger partial charge in [0.1, 0.15) is 29.4 Å². The van der Waals surface area contributed by atoms with Gasteiger partial charge in [-0.1, -0.05) is 0 Å². The second-order valence-corrected chi connectivity index (χ2v) is 9.52. The molecule has 38 heavy (non-hydrogen) atoms. The molecule has 2 saturated heterocycles. The second kappa shape index (κ2) is 9.60. The van der Waals surface area contributed by atoms with Crippen LogP contribution in [0, 0.1) is 11.6 Å². The van der Waals surface area contributed by atoms with E-state index in [1.54, 1.807) is 29.2 Å². The molecule has 1 amide bonds. The highest BCUT2D eigenvalue weighted by Gasteiger charge is 2.36. The lowest BCUT2D eigenvalue weighted by molar-refractivity contribution is 0.102. The molecular formula is C26H24F3N7O2. The van der Waals surface area contributed by atoms with Gasteiger partial charge >= 0.3 is 0 Å². The number of nitrogens with zero attached hydrogens (tertiary/aromatic N) is 6. The number of anilines is 3. The summed E-state index contributed by atoms with van der Waals surface area (Å²) in [5.41, 5.74) is 0.821. The molecule has 3 atom stereocenters. The number of carbonyl (C=O) groups is 1. The zero-order valence-electron chi connectivity index (χ0n) is 20.1. The molecule has 6 rings (SSSR count).